The number of hydrogen-bond donors (Lipinski definition) is 1. The van der Waals surface area contributed by atoms with E-state index in [1.165, 1.54) is 0 Å². The highest BCUT2D eigenvalue weighted by Gasteiger charge is 2.11. The fourth-order valence-electron chi connectivity index (χ4n) is 1.97. The molecule has 5 heteroatoms. The summed E-state index contributed by atoms with van der Waals surface area (Å²) >= 11 is 0. The van der Waals surface area contributed by atoms with Crippen molar-refractivity contribution in [2.45, 2.75) is 45.4 Å². The normalized spacial score (nSPS) is 10.2. The zero-order valence-corrected chi connectivity index (χ0v) is 13.1. The third-order valence-electron chi connectivity index (χ3n) is 3.23. The Labute approximate surface area is 131 Å². The molecule has 0 radical (unpaired) electrons. The lowest BCUT2D eigenvalue weighted by atomic mass is 10.1. The lowest BCUT2D eigenvalue weighted by Crippen LogP contribution is -2.25. The standard InChI is InChI=1S/C17H25NO4/c1-2-3-13-22-15-10-7-6-9-14(15)17(21)18-12-8-4-5-11-16(19)20/h6-7,9-10H,2-5,8,11-13H2,1H3,(H,18,21)(H,19,20)/p-1. The maximum absolute atomic E-state index is 12.1. The van der Waals surface area contributed by atoms with E-state index in [9.17, 15) is 14.7 Å². The van der Waals surface area contributed by atoms with Gasteiger partial charge < -0.3 is 20.0 Å². The largest absolute Gasteiger partial charge is 0.550 e. The van der Waals surface area contributed by atoms with Crippen LogP contribution in [0.15, 0.2) is 24.3 Å². The van der Waals surface area contributed by atoms with Crippen LogP contribution < -0.4 is 15.2 Å². The molecule has 1 aromatic carbocycles. The number of carbonyl (C=O) groups is 2. The second-order valence-corrected chi connectivity index (χ2v) is 5.14. The second kappa shape index (κ2) is 10.7. The van der Waals surface area contributed by atoms with Gasteiger partial charge in [-0.1, -0.05) is 31.9 Å². The first-order valence-corrected chi connectivity index (χ1v) is 7.85. The van der Waals surface area contributed by atoms with Gasteiger partial charge in [-0.05, 0) is 37.8 Å². The third kappa shape index (κ3) is 7.11. The summed E-state index contributed by atoms with van der Waals surface area (Å²) in [6, 6.07) is 7.19. The number of hydrogen-bond acceptors (Lipinski definition) is 4. The summed E-state index contributed by atoms with van der Waals surface area (Å²) in [6.07, 6.45) is 4.15. The topological polar surface area (TPSA) is 78.5 Å². The van der Waals surface area contributed by atoms with E-state index in [-0.39, 0.29) is 12.3 Å². The van der Waals surface area contributed by atoms with Crippen molar-refractivity contribution >= 4 is 11.9 Å². The molecular weight excluding hydrogens is 282 g/mol. The van der Waals surface area contributed by atoms with E-state index < -0.39 is 5.97 Å². The maximum Gasteiger partial charge on any atom is 0.255 e. The monoisotopic (exact) mass is 306 g/mol. The van der Waals surface area contributed by atoms with Crippen molar-refractivity contribution in [1.82, 2.24) is 5.32 Å². The molecule has 0 aliphatic carbocycles. The van der Waals surface area contributed by atoms with Crippen LogP contribution in [0, 0.1) is 0 Å². The molecule has 0 saturated heterocycles. The number of carboxylic acid groups (broad SMARTS) is 1. The van der Waals surface area contributed by atoms with Crippen molar-refractivity contribution in [3.05, 3.63) is 29.8 Å². The van der Waals surface area contributed by atoms with Gasteiger partial charge in [0.05, 0.1) is 12.2 Å². The van der Waals surface area contributed by atoms with Crippen LogP contribution >= 0.6 is 0 Å². The molecule has 22 heavy (non-hydrogen) atoms. The fraction of sp³-hybridized carbons (Fsp3) is 0.529. The molecule has 0 fully saturated rings. The third-order valence-corrected chi connectivity index (χ3v) is 3.23. The number of para-hydroxylation sites is 1. The van der Waals surface area contributed by atoms with E-state index in [1.807, 2.05) is 6.07 Å². The van der Waals surface area contributed by atoms with Crippen LogP contribution in [0.2, 0.25) is 0 Å². The molecule has 0 atom stereocenters. The summed E-state index contributed by atoms with van der Waals surface area (Å²) in [5.74, 6) is -0.584. The van der Waals surface area contributed by atoms with Gasteiger partial charge in [-0.2, -0.15) is 0 Å². The van der Waals surface area contributed by atoms with Crippen LogP contribution in [0.3, 0.4) is 0 Å². The number of aliphatic carboxylic acids is 1. The quantitative estimate of drug-likeness (QED) is 0.633. The molecule has 1 amide bonds. The molecule has 0 spiro atoms. The van der Waals surface area contributed by atoms with Crippen LogP contribution in [-0.2, 0) is 4.79 Å². The van der Waals surface area contributed by atoms with E-state index >= 15 is 0 Å². The summed E-state index contributed by atoms with van der Waals surface area (Å²) in [6.45, 7) is 3.21. The highest BCUT2D eigenvalue weighted by atomic mass is 16.5. The molecule has 1 N–H and O–H groups in total. The number of carbonyl (C=O) groups excluding carboxylic acids is 2. The van der Waals surface area contributed by atoms with Crippen molar-refractivity contribution in [3.63, 3.8) is 0 Å². The number of nitrogens with one attached hydrogen (secondary N) is 1. The molecule has 0 saturated carbocycles. The molecule has 0 aromatic heterocycles. The van der Waals surface area contributed by atoms with Crippen LogP contribution in [0.4, 0.5) is 0 Å². The van der Waals surface area contributed by atoms with Crippen LogP contribution in [0.5, 0.6) is 5.75 Å². The van der Waals surface area contributed by atoms with E-state index in [1.54, 1.807) is 18.2 Å². The molecule has 0 unspecified atom stereocenters. The molecule has 0 heterocycles. The Balaban J connectivity index is 2.36. The maximum atomic E-state index is 12.1. The van der Waals surface area contributed by atoms with Crippen molar-refractivity contribution in [2.75, 3.05) is 13.2 Å². The van der Waals surface area contributed by atoms with E-state index in [0.717, 1.165) is 25.7 Å². The van der Waals surface area contributed by atoms with Crippen molar-refractivity contribution in [2.24, 2.45) is 0 Å². The second-order valence-electron chi connectivity index (χ2n) is 5.14. The van der Waals surface area contributed by atoms with Crippen molar-refractivity contribution < 1.29 is 19.4 Å². The first kappa shape index (κ1) is 18.0. The first-order valence-electron chi connectivity index (χ1n) is 7.85. The summed E-state index contributed by atoms with van der Waals surface area (Å²) in [4.78, 5) is 22.4. The van der Waals surface area contributed by atoms with Gasteiger partial charge in [0.1, 0.15) is 5.75 Å². The van der Waals surface area contributed by atoms with Gasteiger partial charge in [-0.3, -0.25) is 4.79 Å². The first-order chi connectivity index (χ1) is 10.6. The molecule has 0 bridgehead atoms. The zero-order valence-electron chi connectivity index (χ0n) is 13.1. The number of rotatable bonds is 11. The Hall–Kier alpha value is -2.04. The molecule has 5 nitrogen and oxygen atoms in total. The Morgan fingerprint density at radius 2 is 1.91 bits per heavy atom. The summed E-state index contributed by atoms with van der Waals surface area (Å²) < 4.78 is 5.64. The SMILES string of the molecule is CCCCOc1ccccc1C(=O)NCCCCCC(=O)[O-]. The average Bonchev–Trinajstić information content (AvgIpc) is 2.51. The molecule has 1 aromatic rings. The van der Waals surface area contributed by atoms with Crippen LogP contribution in [0.1, 0.15) is 55.8 Å². The summed E-state index contributed by atoms with van der Waals surface area (Å²) in [5, 5.41) is 13.1. The Morgan fingerprint density at radius 1 is 1.14 bits per heavy atom. The molecular formula is C17H24NO4-. The lowest BCUT2D eigenvalue weighted by Gasteiger charge is -2.11. The zero-order chi connectivity index (χ0) is 16.2. The average molecular weight is 306 g/mol. The number of amides is 1. The van der Waals surface area contributed by atoms with Crippen LogP contribution in [0.25, 0.3) is 0 Å². The summed E-state index contributed by atoms with van der Waals surface area (Å²) in [5.41, 5.74) is 0.535. The van der Waals surface area contributed by atoms with Gasteiger partial charge in [-0.25, -0.2) is 0 Å². The predicted octanol–water partition coefficient (Wildman–Crippen LogP) is 1.91. The number of benzene rings is 1. The van der Waals surface area contributed by atoms with Crippen molar-refractivity contribution in [1.29, 1.82) is 0 Å². The number of carboxylic acids is 1. The van der Waals surface area contributed by atoms with Gasteiger partial charge in [0.15, 0.2) is 0 Å². The highest BCUT2D eigenvalue weighted by molar-refractivity contribution is 5.96. The molecule has 122 valence electrons. The minimum Gasteiger partial charge on any atom is -0.550 e. The van der Waals surface area contributed by atoms with Crippen molar-refractivity contribution in [3.8, 4) is 5.75 Å². The lowest BCUT2D eigenvalue weighted by molar-refractivity contribution is -0.305. The molecule has 0 aliphatic rings. The van der Waals surface area contributed by atoms with Gasteiger partial charge in [0.2, 0.25) is 0 Å². The smallest absolute Gasteiger partial charge is 0.255 e. The van der Waals surface area contributed by atoms with E-state index in [2.05, 4.69) is 12.2 Å². The molecule has 0 aliphatic heterocycles. The Kier molecular flexibility index (Phi) is 8.72. The number of unbranched alkanes of at least 4 members (excludes halogenated alkanes) is 3. The van der Waals surface area contributed by atoms with Gasteiger partial charge >= 0.3 is 0 Å². The molecule has 1 rings (SSSR count). The Bertz CT molecular complexity index is 473. The Morgan fingerprint density at radius 3 is 2.64 bits per heavy atom. The minimum atomic E-state index is -1.03. The predicted molar refractivity (Wildman–Crippen MR) is 82.7 cm³/mol. The van der Waals surface area contributed by atoms with E-state index in [0.29, 0.717) is 30.9 Å². The highest BCUT2D eigenvalue weighted by Crippen LogP contribution is 2.18. The van der Waals surface area contributed by atoms with Gasteiger partial charge in [-0.15, -0.1) is 0 Å². The van der Waals surface area contributed by atoms with Gasteiger partial charge in [0.25, 0.3) is 5.91 Å². The van der Waals surface area contributed by atoms with Crippen LogP contribution in [-0.4, -0.2) is 25.0 Å². The fourth-order valence-corrected chi connectivity index (χ4v) is 1.97. The number of ether oxygens (including phenoxy) is 1. The van der Waals surface area contributed by atoms with E-state index in [4.69, 9.17) is 4.74 Å². The minimum absolute atomic E-state index is 0.0715. The summed E-state index contributed by atoms with van der Waals surface area (Å²) in [7, 11) is 0. The van der Waals surface area contributed by atoms with Gasteiger partial charge in [0, 0.05) is 12.5 Å².